The van der Waals surface area contributed by atoms with Crippen molar-refractivity contribution in [1.82, 2.24) is 9.88 Å². The van der Waals surface area contributed by atoms with E-state index >= 15 is 0 Å². The lowest BCUT2D eigenvalue weighted by Crippen LogP contribution is -2.52. The molecule has 1 fully saturated rings. The topological polar surface area (TPSA) is 62.7 Å². The van der Waals surface area contributed by atoms with Crippen LogP contribution >= 0.6 is 0 Å². The lowest BCUT2D eigenvalue weighted by Gasteiger charge is -2.37. The third-order valence-electron chi connectivity index (χ3n) is 2.94. The molecular formula is C12H15FN2O3. The second-order valence-electron chi connectivity index (χ2n) is 4.31. The normalized spacial score (nSPS) is 24.1. The van der Waals surface area contributed by atoms with Gasteiger partial charge < -0.3 is 14.7 Å². The van der Waals surface area contributed by atoms with E-state index in [4.69, 9.17) is 9.84 Å². The van der Waals surface area contributed by atoms with Gasteiger partial charge in [-0.05, 0) is 13.0 Å². The number of carbonyl (C=O) groups is 1. The van der Waals surface area contributed by atoms with Crippen molar-refractivity contribution in [3.63, 3.8) is 0 Å². The Balaban J connectivity index is 2.16. The van der Waals surface area contributed by atoms with Gasteiger partial charge in [0.2, 0.25) is 5.95 Å². The zero-order valence-corrected chi connectivity index (χ0v) is 10.0. The third kappa shape index (κ3) is 2.65. The van der Waals surface area contributed by atoms with E-state index in [9.17, 15) is 9.18 Å². The highest BCUT2D eigenvalue weighted by Crippen LogP contribution is 2.15. The fraction of sp³-hybridized carbons (Fsp3) is 0.500. The fourth-order valence-corrected chi connectivity index (χ4v) is 1.91. The summed E-state index contributed by atoms with van der Waals surface area (Å²) < 4.78 is 18.3. The summed E-state index contributed by atoms with van der Waals surface area (Å²) in [6, 6.07) is 2.48. The van der Waals surface area contributed by atoms with Gasteiger partial charge in [-0.25, -0.2) is 4.98 Å². The number of halogens is 1. The zero-order valence-electron chi connectivity index (χ0n) is 10.0. The molecule has 1 aromatic rings. The fourth-order valence-electron chi connectivity index (χ4n) is 1.91. The molecule has 0 aliphatic carbocycles. The van der Waals surface area contributed by atoms with Crippen molar-refractivity contribution in [2.24, 2.45) is 0 Å². The molecule has 2 rings (SSSR count). The summed E-state index contributed by atoms with van der Waals surface area (Å²) in [6.45, 7) is 2.38. The molecule has 2 atom stereocenters. The lowest BCUT2D eigenvalue weighted by atomic mass is 10.1. The first-order valence-electron chi connectivity index (χ1n) is 5.77. The number of aliphatic hydroxyl groups excluding tert-OH is 1. The van der Waals surface area contributed by atoms with Crippen LogP contribution in [-0.4, -0.2) is 52.8 Å². The van der Waals surface area contributed by atoms with Crippen LogP contribution in [0.4, 0.5) is 4.39 Å². The first-order chi connectivity index (χ1) is 8.61. The van der Waals surface area contributed by atoms with Crippen LogP contribution in [-0.2, 0) is 4.74 Å². The highest BCUT2D eigenvalue weighted by Gasteiger charge is 2.30. The van der Waals surface area contributed by atoms with Gasteiger partial charge in [0.1, 0.15) is 0 Å². The van der Waals surface area contributed by atoms with Crippen LogP contribution in [0.3, 0.4) is 0 Å². The molecule has 1 saturated heterocycles. The molecule has 1 aromatic heterocycles. The first-order valence-corrected chi connectivity index (χ1v) is 5.77. The summed E-state index contributed by atoms with van der Waals surface area (Å²) in [4.78, 5) is 17.2. The first kappa shape index (κ1) is 12.9. The van der Waals surface area contributed by atoms with Crippen molar-refractivity contribution < 1.29 is 19.0 Å². The van der Waals surface area contributed by atoms with Crippen LogP contribution in [0.25, 0.3) is 0 Å². The number of morpholine rings is 1. The molecular weight excluding hydrogens is 239 g/mol. The van der Waals surface area contributed by atoms with Gasteiger partial charge in [0, 0.05) is 24.4 Å². The Kier molecular flexibility index (Phi) is 3.88. The van der Waals surface area contributed by atoms with E-state index in [-0.39, 0.29) is 30.2 Å². The number of hydrogen-bond donors (Lipinski definition) is 1. The second-order valence-corrected chi connectivity index (χ2v) is 4.31. The highest BCUT2D eigenvalue weighted by molar-refractivity contribution is 5.94. The molecule has 5 nitrogen and oxygen atoms in total. The molecule has 0 bridgehead atoms. The van der Waals surface area contributed by atoms with E-state index in [1.54, 1.807) is 4.90 Å². The van der Waals surface area contributed by atoms with E-state index in [1.807, 2.05) is 6.92 Å². The standard InChI is InChI=1S/C12H15FN2O3/c1-8-7-18-10(6-16)5-15(8)12(17)9-2-3-14-11(13)4-9/h2-4,8,10,16H,5-7H2,1H3. The van der Waals surface area contributed by atoms with E-state index < -0.39 is 5.95 Å². The van der Waals surface area contributed by atoms with Gasteiger partial charge in [0.15, 0.2) is 0 Å². The molecule has 6 heteroatoms. The van der Waals surface area contributed by atoms with Gasteiger partial charge >= 0.3 is 0 Å². The van der Waals surface area contributed by atoms with E-state index in [1.165, 1.54) is 12.3 Å². The van der Waals surface area contributed by atoms with Gasteiger partial charge in [-0.1, -0.05) is 0 Å². The maximum absolute atomic E-state index is 13.0. The number of nitrogens with zero attached hydrogens (tertiary/aromatic N) is 2. The Labute approximate surface area is 104 Å². The van der Waals surface area contributed by atoms with E-state index in [0.29, 0.717) is 13.2 Å². The highest BCUT2D eigenvalue weighted by atomic mass is 19.1. The minimum atomic E-state index is -0.680. The molecule has 1 amide bonds. The summed E-state index contributed by atoms with van der Waals surface area (Å²) in [6.07, 6.45) is 0.883. The summed E-state index contributed by atoms with van der Waals surface area (Å²) in [5.41, 5.74) is 0.257. The van der Waals surface area contributed by atoms with Gasteiger partial charge in [0.25, 0.3) is 5.91 Å². The zero-order chi connectivity index (χ0) is 13.1. The van der Waals surface area contributed by atoms with Crippen LogP contribution in [0, 0.1) is 5.95 Å². The molecule has 2 heterocycles. The van der Waals surface area contributed by atoms with Crippen LogP contribution in [0.1, 0.15) is 17.3 Å². The van der Waals surface area contributed by atoms with Gasteiger partial charge in [-0.3, -0.25) is 4.79 Å². The van der Waals surface area contributed by atoms with Crippen molar-refractivity contribution in [1.29, 1.82) is 0 Å². The molecule has 0 radical (unpaired) electrons. The SMILES string of the molecule is CC1COC(CO)CN1C(=O)c1ccnc(F)c1. The largest absolute Gasteiger partial charge is 0.394 e. The summed E-state index contributed by atoms with van der Waals surface area (Å²) in [5, 5.41) is 9.06. The van der Waals surface area contributed by atoms with Gasteiger partial charge in [-0.2, -0.15) is 4.39 Å². The van der Waals surface area contributed by atoms with Crippen molar-refractivity contribution in [3.8, 4) is 0 Å². The number of carbonyl (C=O) groups excluding carboxylic acids is 1. The molecule has 0 spiro atoms. The number of amides is 1. The molecule has 0 saturated carbocycles. The van der Waals surface area contributed by atoms with Crippen molar-refractivity contribution in [2.75, 3.05) is 19.8 Å². The monoisotopic (exact) mass is 254 g/mol. The average molecular weight is 254 g/mol. The average Bonchev–Trinajstić information content (AvgIpc) is 2.38. The Morgan fingerprint density at radius 3 is 3.17 bits per heavy atom. The minimum Gasteiger partial charge on any atom is -0.394 e. The Morgan fingerprint density at radius 2 is 2.50 bits per heavy atom. The van der Waals surface area contributed by atoms with E-state index in [0.717, 1.165) is 6.07 Å². The Morgan fingerprint density at radius 1 is 1.72 bits per heavy atom. The number of aromatic nitrogens is 1. The van der Waals surface area contributed by atoms with Crippen LogP contribution < -0.4 is 0 Å². The molecule has 2 unspecified atom stereocenters. The minimum absolute atomic E-state index is 0.100. The number of aliphatic hydroxyl groups is 1. The maximum atomic E-state index is 13.0. The van der Waals surface area contributed by atoms with Gasteiger partial charge in [-0.15, -0.1) is 0 Å². The Hall–Kier alpha value is -1.53. The molecule has 0 aromatic carbocycles. The number of hydrogen-bond acceptors (Lipinski definition) is 4. The number of ether oxygens (including phenoxy) is 1. The predicted octanol–water partition coefficient (Wildman–Crippen LogP) is 0.442. The van der Waals surface area contributed by atoms with E-state index in [2.05, 4.69) is 4.98 Å². The maximum Gasteiger partial charge on any atom is 0.254 e. The van der Waals surface area contributed by atoms with Crippen molar-refractivity contribution >= 4 is 5.91 Å². The van der Waals surface area contributed by atoms with Crippen molar-refractivity contribution in [2.45, 2.75) is 19.1 Å². The molecule has 1 aliphatic heterocycles. The molecule has 1 aliphatic rings. The smallest absolute Gasteiger partial charge is 0.254 e. The predicted molar refractivity (Wildman–Crippen MR) is 61.5 cm³/mol. The second kappa shape index (κ2) is 5.41. The molecule has 1 N–H and O–H groups in total. The molecule has 98 valence electrons. The van der Waals surface area contributed by atoms with Gasteiger partial charge in [0.05, 0.1) is 25.4 Å². The summed E-state index contributed by atoms with van der Waals surface area (Å²) in [7, 11) is 0. The van der Waals surface area contributed by atoms with Crippen LogP contribution in [0.5, 0.6) is 0 Å². The van der Waals surface area contributed by atoms with Crippen LogP contribution in [0.2, 0.25) is 0 Å². The van der Waals surface area contributed by atoms with Crippen molar-refractivity contribution in [3.05, 3.63) is 29.8 Å². The third-order valence-corrected chi connectivity index (χ3v) is 2.94. The quantitative estimate of drug-likeness (QED) is 0.778. The number of rotatable bonds is 2. The Bertz CT molecular complexity index is 441. The summed E-state index contributed by atoms with van der Waals surface area (Å²) in [5.74, 6) is -0.953. The summed E-state index contributed by atoms with van der Waals surface area (Å²) >= 11 is 0. The lowest BCUT2D eigenvalue weighted by molar-refractivity contribution is -0.0667. The van der Waals surface area contributed by atoms with Crippen LogP contribution in [0.15, 0.2) is 18.3 Å². The molecule has 18 heavy (non-hydrogen) atoms. The number of pyridine rings is 1.